The van der Waals surface area contributed by atoms with Crippen LogP contribution in [0.25, 0.3) is 0 Å². The fraction of sp³-hybridized carbons (Fsp3) is 0.357. The Kier molecular flexibility index (Phi) is 4.99. The second kappa shape index (κ2) is 6.78. The van der Waals surface area contributed by atoms with Crippen LogP contribution in [0.5, 0.6) is 0 Å². The number of benzene rings is 1. The van der Waals surface area contributed by atoms with Gasteiger partial charge < -0.3 is 10.4 Å². The van der Waals surface area contributed by atoms with Crippen LogP contribution >= 0.6 is 0 Å². The van der Waals surface area contributed by atoms with E-state index in [-0.39, 0.29) is 29.6 Å². The average molecular weight is 339 g/mol. The molecule has 23 heavy (non-hydrogen) atoms. The zero-order valence-electron chi connectivity index (χ0n) is 12.4. The standard InChI is InChI=1S/C14H17N3O5S/c1-9(14(19)20)16-12(18)7-4-8-15-13-10-5-2-3-6-11(10)23(21,22)17-13/h2-3,5-6,9H,4,7-8H2,1H3,(H,15,17)(H,16,18)(H,19,20)/t9-/m0/s1. The zero-order valence-corrected chi connectivity index (χ0v) is 13.3. The summed E-state index contributed by atoms with van der Waals surface area (Å²) < 4.78 is 26.1. The molecule has 0 radical (unpaired) electrons. The SMILES string of the molecule is C[C@H](NC(=O)CCCN=C1NS(=O)(=O)c2ccccc21)C(=O)O. The predicted octanol–water partition coefficient (Wildman–Crippen LogP) is 0.0946. The maximum atomic E-state index is 11.9. The first-order valence-corrected chi connectivity index (χ1v) is 8.48. The molecule has 0 aromatic heterocycles. The van der Waals surface area contributed by atoms with Crippen molar-refractivity contribution in [3.8, 4) is 0 Å². The Morgan fingerprint density at radius 3 is 2.74 bits per heavy atom. The molecule has 124 valence electrons. The van der Waals surface area contributed by atoms with Gasteiger partial charge in [-0.25, -0.2) is 8.42 Å². The van der Waals surface area contributed by atoms with E-state index in [1.54, 1.807) is 18.2 Å². The van der Waals surface area contributed by atoms with Gasteiger partial charge in [-0.05, 0) is 25.5 Å². The number of carbonyl (C=O) groups is 2. The number of carboxylic acids is 1. The quantitative estimate of drug-likeness (QED) is 0.634. The number of carboxylic acid groups (broad SMARTS) is 1. The van der Waals surface area contributed by atoms with Crippen LogP contribution in [0.3, 0.4) is 0 Å². The van der Waals surface area contributed by atoms with Crippen molar-refractivity contribution in [2.75, 3.05) is 6.54 Å². The largest absolute Gasteiger partial charge is 0.480 e. The molecule has 0 bridgehead atoms. The van der Waals surface area contributed by atoms with Gasteiger partial charge in [0.05, 0.1) is 4.90 Å². The number of fused-ring (bicyclic) bond motifs is 1. The van der Waals surface area contributed by atoms with Gasteiger partial charge >= 0.3 is 5.97 Å². The van der Waals surface area contributed by atoms with E-state index in [4.69, 9.17) is 5.11 Å². The van der Waals surface area contributed by atoms with Gasteiger partial charge in [0.1, 0.15) is 11.9 Å². The summed E-state index contributed by atoms with van der Waals surface area (Å²) in [5.41, 5.74) is 0.511. The topological polar surface area (TPSA) is 125 Å². The van der Waals surface area contributed by atoms with Crippen LogP contribution in [-0.4, -0.2) is 43.8 Å². The molecule has 0 saturated heterocycles. The minimum Gasteiger partial charge on any atom is -0.480 e. The molecule has 1 amide bonds. The van der Waals surface area contributed by atoms with Gasteiger partial charge in [-0.3, -0.25) is 19.3 Å². The van der Waals surface area contributed by atoms with Crippen LogP contribution in [0, 0.1) is 0 Å². The summed E-state index contributed by atoms with van der Waals surface area (Å²) in [4.78, 5) is 26.5. The molecule has 3 N–H and O–H groups in total. The average Bonchev–Trinajstić information content (AvgIpc) is 2.75. The first kappa shape index (κ1) is 16.9. The number of amides is 1. The van der Waals surface area contributed by atoms with Crippen molar-refractivity contribution in [3.05, 3.63) is 29.8 Å². The molecule has 0 spiro atoms. The lowest BCUT2D eigenvalue weighted by Gasteiger charge is -2.08. The Bertz CT molecular complexity index is 757. The van der Waals surface area contributed by atoms with Gasteiger partial charge in [0, 0.05) is 18.5 Å². The highest BCUT2D eigenvalue weighted by molar-refractivity contribution is 7.90. The maximum Gasteiger partial charge on any atom is 0.325 e. The lowest BCUT2D eigenvalue weighted by atomic mass is 10.2. The minimum atomic E-state index is -3.56. The minimum absolute atomic E-state index is 0.114. The third kappa shape index (κ3) is 4.07. The molecule has 2 rings (SSSR count). The molecule has 0 fully saturated rings. The van der Waals surface area contributed by atoms with Crippen LogP contribution in [0.2, 0.25) is 0 Å². The van der Waals surface area contributed by atoms with E-state index in [1.165, 1.54) is 13.0 Å². The van der Waals surface area contributed by atoms with Crippen LogP contribution in [0.1, 0.15) is 25.3 Å². The van der Waals surface area contributed by atoms with Gasteiger partial charge in [0.25, 0.3) is 10.0 Å². The van der Waals surface area contributed by atoms with Crippen molar-refractivity contribution in [2.45, 2.75) is 30.7 Å². The molecule has 1 atom stereocenters. The van der Waals surface area contributed by atoms with Crippen LogP contribution in [0.15, 0.2) is 34.2 Å². The van der Waals surface area contributed by atoms with Crippen molar-refractivity contribution in [2.24, 2.45) is 4.99 Å². The number of aliphatic carboxylic acids is 1. The summed E-state index contributed by atoms with van der Waals surface area (Å²) >= 11 is 0. The van der Waals surface area contributed by atoms with Crippen LogP contribution in [-0.2, 0) is 19.6 Å². The van der Waals surface area contributed by atoms with E-state index in [0.717, 1.165) is 0 Å². The molecule has 0 aliphatic carbocycles. The van der Waals surface area contributed by atoms with Gasteiger partial charge in [0.2, 0.25) is 5.91 Å². The summed E-state index contributed by atoms with van der Waals surface area (Å²) in [6, 6.07) is 5.57. The lowest BCUT2D eigenvalue weighted by Crippen LogP contribution is -2.38. The monoisotopic (exact) mass is 339 g/mol. The number of amidine groups is 1. The van der Waals surface area contributed by atoms with E-state index in [0.29, 0.717) is 12.0 Å². The molecule has 1 aromatic rings. The van der Waals surface area contributed by atoms with E-state index in [1.807, 2.05) is 0 Å². The van der Waals surface area contributed by atoms with E-state index in [9.17, 15) is 18.0 Å². The van der Waals surface area contributed by atoms with Crippen molar-refractivity contribution in [1.82, 2.24) is 10.0 Å². The summed E-state index contributed by atoms with van der Waals surface area (Å²) in [7, 11) is -3.56. The normalized spacial score (nSPS) is 18.0. The predicted molar refractivity (Wildman–Crippen MR) is 82.6 cm³/mol. The van der Waals surface area contributed by atoms with E-state index >= 15 is 0 Å². The summed E-state index contributed by atoms with van der Waals surface area (Å²) in [5.74, 6) is -1.22. The summed E-state index contributed by atoms with van der Waals surface area (Å²) in [6.07, 6.45) is 0.494. The number of rotatable bonds is 6. The molecule has 8 nitrogen and oxygen atoms in total. The lowest BCUT2D eigenvalue weighted by molar-refractivity contribution is -0.141. The molecular formula is C14H17N3O5S. The van der Waals surface area contributed by atoms with Crippen molar-refractivity contribution in [3.63, 3.8) is 0 Å². The molecule has 9 heteroatoms. The smallest absolute Gasteiger partial charge is 0.325 e. The fourth-order valence-corrected chi connectivity index (χ4v) is 3.31. The second-order valence-corrected chi connectivity index (χ2v) is 6.71. The molecular weight excluding hydrogens is 322 g/mol. The van der Waals surface area contributed by atoms with Crippen molar-refractivity contribution in [1.29, 1.82) is 0 Å². The molecule has 0 unspecified atom stereocenters. The Morgan fingerprint density at radius 2 is 2.04 bits per heavy atom. The molecule has 0 saturated carbocycles. The molecule has 1 aliphatic heterocycles. The molecule has 1 heterocycles. The molecule has 1 aromatic carbocycles. The Hall–Kier alpha value is -2.42. The molecule has 1 aliphatic rings. The van der Waals surface area contributed by atoms with Crippen LogP contribution < -0.4 is 10.0 Å². The number of nitrogens with one attached hydrogen (secondary N) is 2. The first-order valence-electron chi connectivity index (χ1n) is 7.00. The van der Waals surface area contributed by atoms with E-state index < -0.39 is 22.0 Å². The summed E-state index contributed by atoms with van der Waals surface area (Å²) in [6.45, 7) is 1.63. The zero-order chi connectivity index (χ0) is 17.0. The number of nitrogens with zero attached hydrogens (tertiary/aromatic N) is 1. The first-order chi connectivity index (χ1) is 10.8. The number of sulfonamides is 1. The fourth-order valence-electron chi connectivity index (χ4n) is 2.06. The van der Waals surface area contributed by atoms with Gasteiger partial charge in [0.15, 0.2) is 0 Å². The number of hydrogen-bond acceptors (Lipinski definition) is 5. The number of aliphatic imine (C=N–C) groups is 1. The Balaban J connectivity index is 1.91. The Labute approximate surface area is 133 Å². The van der Waals surface area contributed by atoms with Crippen LogP contribution in [0.4, 0.5) is 0 Å². The Morgan fingerprint density at radius 1 is 1.35 bits per heavy atom. The second-order valence-electron chi connectivity index (χ2n) is 5.06. The third-order valence-corrected chi connectivity index (χ3v) is 4.64. The van der Waals surface area contributed by atoms with E-state index in [2.05, 4.69) is 15.0 Å². The highest BCUT2D eigenvalue weighted by atomic mass is 32.2. The maximum absolute atomic E-state index is 11.9. The van der Waals surface area contributed by atoms with Crippen molar-refractivity contribution < 1.29 is 23.1 Å². The van der Waals surface area contributed by atoms with Gasteiger partial charge in [-0.2, -0.15) is 0 Å². The van der Waals surface area contributed by atoms with Gasteiger partial charge in [-0.1, -0.05) is 12.1 Å². The van der Waals surface area contributed by atoms with Crippen molar-refractivity contribution >= 4 is 27.7 Å². The van der Waals surface area contributed by atoms with Gasteiger partial charge in [-0.15, -0.1) is 0 Å². The highest BCUT2D eigenvalue weighted by Gasteiger charge is 2.29. The number of hydrogen-bond donors (Lipinski definition) is 3. The third-order valence-electron chi connectivity index (χ3n) is 3.24. The summed E-state index contributed by atoms with van der Waals surface area (Å²) in [5, 5.41) is 11.0. The highest BCUT2D eigenvalue weighted by Crippen LogP contribution is 2.22. The number of carbonyl (C=O) groups excluding carboxylic acids is 1.